The SMILES string of the molecule is CC(=NNc1nc2ccccc2[nH]1)c1cc2ccccc2cn1. The summed E-state index contributed by atoms with van der Waals surface area (Å²) < 4.78 is 0. The lowest BCUT2D eigenvalue weighted by atomic mass is 10.1. The standard InChI is InChI=1S/C18H15N5/c1-12(17-10-13-6-2-3-7-14(13)11-19-17)22-23-18-20-15-8-4-5-9-16(15)21-18/h2-11H,1H3,(H2,20,21,23). The maximum Gasteiger partial charge on any atom is 0.222 e. The Morgan fingerprint density at radius 2 is 1.83 bits per heavy atom. The second-order valence-electron chi connectivity index (χ2n) is 5.33. The lowest BCUT2D eigenvalue weighted by Gasteiger charge is -2.03. The lowest BCUT2D eigenvalue weighted by Crippen LogP contribution is -2.02. The zero-order valence-corrected chi connectivity index (χ0v) is 12.6. The molecule has 0 saturated carbocycles. The van der Waals surface area contributed by atoms with Gasteiger partial charge in [-0.3, -0.25) is 4.98 Å². The number of H-pyrrole nitrogens is 1. The summed E-state index contributed by atoms with van der Waals surface area (Å²) in [7, 11) is 0. The Balaban J connectivity index is 1.61. The number of fused-ring (bicyclic) bond motifs is 2. The molecular formula is C18H15N5. The first-order chi connectivity index (χ1) is 11.3. The number of benzene rings is 2. The number of anilines is 1. The normalized spacial score (nSPS) is 12.0. The molecule has 23 heavy (non-hydrogen) atoms. The minimum Gasteiger partial charge on any atom is -0.323 e. The van der Waals surface area contributed by atoms with E-state index >= 15 is 0 Å². The van der Waals surface area contributed by atoms with Crippen LogP contribution in [0.5, 0.6) is 0 Å². The van der Waals surface area contributed by atoms with Crippen LogP contribution in [0, 0.1) is 0 Å². The first-order valence-corrected chi connectivity index (χ1v) is 7.40. The Kier molecular flexibility index (Phi) is 3.24. The number of hydrazone groups is 1. The molecule has 0 spiro atoms. The average molecular weight is 301 g/mol. The molecule has 5 nitrogen and oxygen atoms in total. The Morgan fingerprint density at radius 3 is 2.70 bits per heavy atom. The molecule has 4 rings (SSSR count). The zero-order valence-electron chi connectivity index (χ0n) is 12.6. The molecule has 0 radical (unpaired) electrons. The second-order valence-corrected chi connectivity index (χ2v) is 5.33. The van der Waals surface area contributed by atoms with Gasteiger partial charge in [-0.05, 0) is 30.5 Å². The Labute approximate surface area is 133 Å². The molecule has 0 aliphatic carbocycles. The number of imidazole rings is 1. The van der Waals surface area contributed by atoms with Gasteiger partial charge in [0.15, 0.2) is 0 Å². The van der Waals surface area contributed by atoms with Crippen molar-refractivity contribution in [1.29, 1.82) is 0 Å². The van der Waals surface area contributed by atoms with E-state index < -0.39 is 0 Å². The van der Waals surface area contributed by atoms with E-state index in [0.717, 1.165) is 33.2 Å². The summed E-state index contributed by atoms with van der Waals surface area (Å²) in [6.07, 6.45) is 1.87. The van der Waals surface area contributed by atoms with Crippen molar-refractivity contribution in [3.05, 3.63) is 66.5 Å². The number of hydrogen-bond donors (Lipinski definition) is 2. The number of nitrogens with one attached hydrogen (secondary N) is 2. The summed E-state index contributed by atoms with van der Waals surface area (Å²) in [5.41, 5.74) is 6.49. The van der Waals surface area contributed by atoms with Crippen LogP contribution in [-0.2, 0) is 0 Å². The number of para-hydroxylation sites is 2. The second kappa shape index (κ2) is 5.53. The number of nitrogens with zero attached hydrogens (tertiary/aromatic N) is 3. The van der Waals surface area contributed by atoms with Crippen molar-refractivity contribution in [1.82, 2.24) is 15.0 Å². The smallest absolute Gasteiger partial charge is 0.222 e. The van der Waals surface area contributed by atoms with Crippen LogP contribution in [0.2, 0.25) is 0 Å². The summed E-state index contributed by atoms with van der Waals surface area (Å²) in [5.74, 6) is 0.617. The van der Waals surface area contributed by atoms with E-state index in [2.05, 4.69) is 31.5 Å². The van der Waals surface area contributed by atoms with E-state index in [1.165, 1.54) is 0 Å². The molecule has 4 aromatic rings. The molecule has 2 N–H and O–H groups in total. The van der Waals surface area contributed by atoms with E-state index in [4.69, 9.17) is 0 Å². The summed E-state index contributed by atoms with van der Waals surface area (Å²) in [6, 6.07) is 18.0. The van der Waals surface area contributed by atoms with Crippen LogP contribution in [0.3, 0.4) is 0 Å². The lowest BCUT2D eigenvalue weighted by molar-refractivity contribution is 1.19. The Bertz CT molecular complexity index is 983. The predicted octanol–water partition coefficient (Wildman–Crippen LogP) is 3.95. The van der Waals surface area contributed by atoms with Gasteiger partial charge in [0.1, 0.15) is 0 Å². The minimum absolute atomic E-state index is 0.617. The van der Waals surface area contributed by atoms with E-state index in [0.29, 0.717) is 5.95 Å². The monoisotopic (exact) mass is 301 g/mol. The largest absolute Gasteiger partial charge is 0.323 e. The number of rotatable bonds is 3. The van der Waals surface area contributed by atoms with Crippen molar-refractivity contribution in [2.75, 3.05) is 5.43 Å². The zero-order chi connectivity index (χ0) is 15.6. The first-order valence-electron chi connectivity index (χ1n) is 7.40. The third kappa shape index (κ3) is 2.64. The molecule has 0 aliphatic heterocycles. The Hall–Kier alpha value is -3.21. The summed E-state index contributed by atoms with van der Waals surface area (Å²) >= 11 is 0. The van der Waals surface area contributed by atoms with Crippen molar-refractivity contribution in [3.8, 4) is 0 Å². The highest BCUT2D eigenvalue weighted by Gasteiger charge is 2.03. The van der Waals surface area contributed by atoms with Gasteiger partial charge < -0.3 is 4.98 Å². The van der Waals surface area contributed by atoms with Gasteiger partial charge in [0.25, 0.3) is 0 Å². The van der Waals surface area contributed by atoms with E-state index in [1.807, 2.05) is 61.7 Å². The average Bonchev–Trinajstić information content (AvgIpc) is 3.02. The van der Waals surface area contributed by atoms with Crippen LogP contribution < -0.4 is 5.43 Å². The van der Waals surface area contributed by atoms with Gasteiger partial charge in [0.2, 0.25) is 5.95 Å². The van der Waals surface area contributed by atoms with Gasteiger partial charge in [0, 0.05) is 11.6 Å². The van der Waals surface area contributed by atoms with Crippen molar-refractivity contribution in [2.24, 2.45) is 5.10 Å². The molecule has 0 amide bonds. The van der Waals surface area contributed by atoms with Crippen molar-refractivity contribution < 1.29 is 0 Å². The van der Waals surface area contributed by atoms with Crippen LogP contribution in [0.25, 0.3) is 21.8 Å². The van der Waals surface area contributed by atoms with Gasteiger partial charge >= 0.3 is 0 Å². The molecule has 0 fully saturated rings. The van der Waals surface area contributed by atoms with Crippen molar-refractivity contribution >= 4 is 33.5 Å². The maximum atomic E-state index is 4.46. The fourth-order valence-corrected chi connectivity index (χ4v) is 2.48. The summed E-state index contributed by atoms with van der Waals surface area (Å²) in [4.78, 5) is 12.1. The van der Waals surface area contributed by atoms with Gasteiger partial charge in [-0.2, -0.15) is 5.10 Å². The van der Waals surface area contributed by atoms with Gasteiger partial charge in [0.05, 0.1) is 22.4 Å². The number of pyridine rings is 1. The predicted molar refractivity (Wildman–Crippen MR) is 93.7 cm³/mol. The molecule has 0 saturated heterocycles. The van der Waals surface area contributed by atoms with Crippen LogP contribution in [0.4, 0.5) is 5.95 Å². The van der Waals surface area contributed by atoms with Gasteiger partial charge in [-0.25, -0.2) is 10.4 Å². The number of hydrogen-bond acceptors (Lipinski definition) is 4. The molecule has 112 valence electrons. The fourth-order valence-electron chi connectivity index (χ4n) is 2.48. The molecule has 0 atom stereocenters. The van der Waals surface area contributed by atoms with E-state index in [1.54, 1.807) is 0 Å². The van der Waals surface area contributed by atoms with Gasteiger partial charge in [-0.15, -0.1) is 0 Å². The van der Waals surface area contributed by atoms with E-state index in [-0.39, 0.29) is 0 Å². The van der Waals surface area contributed by atoms with Crippen molar-refractivity contribution in [3.63, 3.8) is 0 Å². The Morgan fingerprint density at radius 1 is 1.04 bits per heavy atom. The molecule has 0 unspecified atom stereocenters. The topological polar surface area (TPSA) is 66.0 Å². The molecule has 2 aromatic carbocycles. The van der Waals surface area contributed by atoms with Crippen LogP contribution in [0.1, 0.15) is 12.6 Å². The third-order valence-corrected chi connectivity index (χ3v) is 3.72. The minimum atomic E-state index is 0.617. The summed E-state index contributed by atoms with van der Waals surface area (Å²) in [6.45, 7) is 1.92. The van der Waals surface area contributed by atoms with Crippen LogP contribution in [-0.4, -0.2) is 20.7 Å². The van der Waals surface area contributed by atoms with Crippen LogP contribution in [0.15, 0.2) is 65.9 Å². The molecule has 0 bridgehead atoms. The summed E-state index contributed by atoms with van der Waals surface area (Å²) in [5, 5.41) is 6.65. The number of aromatic amines is 1. The third-order valence-electron chi connectivity index (χ3n) is 3.72. The molecule has 2 heterocycles. The highest BCUT2D eigenvalue weighted by atomic mass is 15.4. The van der Waals surface area contributed by atoms with Gasteiger partial charge in [-0.1, -0.05) is 36.4 Å². The highest BCUT2D eigenvalue weighted by Crippen LogP contribution is 2.15. The van der Waals surface area contributed by atoms with Crippen molar-refractivity contribution in [2.45, 2.75) is 6.92 Å². The molecule has 2 aromatic heterocycles. The van der Waals surface area contributed by atoms with Crippen LogP contribution >= 0.6 is 0 Å². The first kappa shape index (κ1) is 13.5. The fraction of sp³-hybridized carbons (Fsp3) is 0.0556. The van der Waals surface area contributed by atoms with E-state index in [9.17, 15) is 0 Å². The molecule has 0 aliphatic rings. The quantitative estimate of drug-likeness (QED) is 0.445. The molecular weight excluding hydrogens is 286 g/mol. The highest BCUT2D eigenvalue weighted by molar-refractivity contribution is 6.00. The maximum absolute atomic E-state index is 4.46. The molecule has 5 heteroatoms. The number of aromatic nitrogens is 3.